The molecule has 0 spiro atoms. The van der Waals surface area contributed by atoms with Crippen LogP contribution < -0.4 is 9.47 Å². The van der Waals surface area contributed by atoms with E-state index >= 15 is 0 Å². The smallest absolute Gasteiger partial charge is 0.274 e. The molecule has 2 aromatic carbocycles. The maximum Gasteiger partial charge on any atom is 0.274 e. The lowest BCUT2D eigenvalue weighted by Crippen LogP contribution is -2.28. The highest BCUT2D eigenvalue weighted by Crippen LogP contribution is 2.37. The van der Waals surface area contributed by atoms with Crippen molar-refractivity contribution in [3.8, 4) is 17.2 Å². The van der Waals surface area contributed by atoms with E-state index in [1.54, 1.807) is 52.9 Å². The Bertz CT molecular complexity index is 1120. The molecule has 0 aliphatic carbocycles. The van der Waals surface area contributed by atoms with E-state index in [0.717, 1.165) is 5.56 Å². The molecule has 1 heterocycles. The number of hydrogen-bond donors (Lipinski definition) is 0. The van der Waals surface area contributed by atoms with Crippen LogP contribution in [-0.2, 0) is 6.61 Å². The highest BCUT2D eigenvalue weighted by molar-refractivity contribution is 6.03. The van der Waals surface area contributed by atoms with Gasteiger partial charge in [0.05, 0.1) is 12.8 Å². The second-order valence-electron chi connectivity index (χ2n) is 7.83. The Morgan fingerprint density at radius 2 is 1.41 bits per heavy atom. The second kappa shape index (κ2) is 9.60. The van der Waals surface area contributed by atoms with E-state index in [2.05, 4.69) is 0 Å². The minimum Gasteiger partial charge on any atom is -0.495 e. The Morgan fingerprint density at radius 3 is 2.00 bits per heavy atom. The maximum atomic E-state index is 13.4. The van der Waals surface area contributed by atoms with Crippen LogP contribution in [0.5, 0.6) is 11.5 Å². The highest BCUT2D eigenvalue weighted by Gasteiger charge is 2.33. The number of aromatic nitrogens is 1. The molecule has 168 valence electrons. The topological polar surface area (TPSA) is 64.0 Å². The van der Waals surface area contributed by atoms with Gasteiger partial charge in [-0.1, -0.05) is 42.5 Å². The molecule has 0 bridgehead atoms. The van der Waals surface area contributed by atoms with Gasteiger partial charge in [0, 0.05) is 33.8 Å². The molecule has 32 heavy (non-hydrogen) atoms. The van der Waals surface area contributed by atoms with Crippen molar-refractivity contribution in [2.45, 2.75) is 13.5 Å². The van der Waals surface area contributed by atoms with E-state index in [9.17, 15) is 9.59 Å². The fourth-order valence-electron chi connectivity index (χ4n) is 3.50. The quantitative estimate of drug-likeness (QED) is 0.567. The van der Waals surface area contributed by atoms with Crippen molar-refractivity contribution in [3.05, 3.63) is 77.1 Å². The third-order valence-corrected chi connectivity index (χ3v) is 5.13. The van der Waals surface area contributed by atoms with Crippen LogP contribution in [0.15, 0.2) is 54.6 Å². The molecule has 0 saturated carbocycles. The molecule has 1 aromatic heterocycles. The molecule has 0 saturated heterocycles. The van der Waals surface area contributed by atoms with Gasteiger partial charge in [0.25, 0.3) is 11.8 Å². The van der Waals surface area contributed by atoms with E-state index in [-0.39, 0.29) is 24.1 Å². The van der Waals surface area contributed by atoms with Gasteiger partial charge < -0.3 is 19.3 Å². The summed E-state index contributed by atoms with van der Waals surface area (Å²) in [4.78, 5) is 29.6. The van der Waals surface area contributed by atoms with Crippen molar-refractivity contribution in [1.82, 2.24) is 14.4 Å². The standard InChI is InChI=1S/C25H29N3O4/c1-17-21(24(29)26(2)3)28(19-14-10-11-15-20(19)31-6)22(25(30)27(4)5)23(17)32-16-18-12-8-7-9-13-18/h7-15H,16H2,1-6H3. The number of rotatable bonds is 7. The minimum atomic E-state index is -0.278. The summed E-state index contributed by atoms with van der Waals surface area (Å²) >= 11 is 0. The first-order valence-electron chi connectivity index (χ1n) is 10.3. The first-order valence-corrected chi connectivity index (χ1v) is 10.3. The van der Waals surface area contributed by atoms with Gasteiger partial charge in [-0.2, -0.15) is 0 Å². The molecular weight excluding hydrogens is 406 g/mol. The zero-order valence-electron chi connectivity index (χ0n) is 19.4. The summed E-state index contributed by atoms with van der Waals surface area (Å²) in [5.74, 6) is 0.400. The number of carbonyl (C=O) groups is 2. The summed E-state index contributed by atoms with van der Waals surface area (Å²) in [5.41, 5.74) is 2.77. The van der Waals surface area contributed by atoms with Crippen LogP contribution in [0.3, 0.4) is 0 Å². The Kier molecular flexibility index (Phi) is 6.88. The summed E-state index contributed by atoms with van der Waals surface area (Å²) in [6.07, 6.45) is 0. The summed E-state index contributed by atoms with van der Waals surface area (Å²) in [7, 11) is 8.26. The van der Waals surface area contributed by atoms with Crippen molar-refractivity contribution < 1.29 is 19.1 Å². The first kappa shape index (κ1) is 22.9. The molecule has 0 aliphatic rings. The Morgan fingerprint density at radius 1 is 0.844 bits per heavy atom. The van der Waals surface area contributed by atoms with E-state index in [1.807, 2.05) is 48.5 Å². The van der Waals surface area contributed by atoms with Crippen molar-refractivity contribution >= 4 is 11.8 Å². The third-order valence-electron chi connectivity index (χ3n) is 5.13. The largest absolute Gasteiger partial charge is 0.495 e. The number of nitrogens with zero attached hydrogens (tertiary/aromatic N) is 3. The molecule has 7 nitrogen and oxygen atoms in total. The Balaban J connectivity index is 2.31. The number of benzene rings is 2. The summed E-state index contributed by atoms with van der Waals surface area (Å²) < 4.78 is 13.4. The number of amides is 2. The van der Waals surface area contributed by atoms with Gasteiger partial charge >= 0.3 is 0 Å². The zero-order chi connectivity index (χ0) is 23.4. The summed E-state index contributed by atoms with van der Waals surface area (Å²) in [6.45, 7) is 2.07. The predicted molar refractivity (Wildman–Crippen MR) is 124 cm³/mol. The van der Waals surface area contributed by atoms with Crippen LogP contribution >= 0.6 is 0 Å². The molecule has 0 atom stereocenters. The van der Waals surface area contributed by atoms with Gasteiger partial charge in [-0.3, -0.25) is 14.2 Å². The highest BCUT2D eigenvalue weighted by atomic mass is 16.5. The molecule has 0 fully saturated rings. The molecular formula is C25H29N3O4. The van der Waals surface area contributed by atoms with Crippen LogP contribution in [0.2, 0.25) is 0 Å². The molecule has 0 aliphatic heterocycles. The maximum absolute atomic E-state index is 13.4. The Labute approximate surface area is 188 Å². The normalized spacial score (nSPS) is 10.6. The van der Waals surface area contributed by atoms with Crippen LogP contribution in [0.4, 0.5) is 0 Å². The monoisotopic (exact) mass is 435 g/mol. The van der Waals surface area contributed by atoms with E-state index in [1.165, 1.54) is 9.80 Å². The lowest BCUT2D eigenvalue weighted by molar-refractivity contribution is 0.0811. The molecule has 3 rings (SSSR count). The average molecular weight is 436 g/mol. The summed E-state index contributed by atoms with van der Waals surface area (Å²) in [6, 6.07) is 17.0. The zero-order valence-corrected chi connectivity index (χ0v) is 19.4. The van der Waals surface area contributed by atoms with Crippen LogP contribution in [0.25, 0.3) is 5.69 Å². The molecule has 3 aromatic rings. The number of para-hydroxylation sites is 2. The lowest BCUT2D eigenvalue weighted by atomic mass is 10.2. The number of hydrogen-bond acceptors (Lipinski definition) is 4. The molecule has 2 amide bonds. The van der Waals surface area contributed by atoms with Crippen LogP contribution in [-0.4, -0.2) is 61.5 Å². The fraction of sp³-hybridized carbons (Fsp3) is 0.280. The van der Waals surface area contributed by atoms with Crippen LogP contribution in [0, 0.1) is 6.92 Å². The lowest BCUT2D eigenvalue weighted by Gasteiger charge is -2.19. The molecule has 0 N–H and O–H groups in total. The van der Waals surface area contributed by atoms with Crippen molar-refractivity contribution in [2.24, 2.45) is 0 Å². The minimum absolute atomic E-state index is 0.240. The average Bonchev–Trinajstić information content (AvgIpc) is 3.08. The van der Waals surface area contributed by atoms with Crippen molar-refractivity contribution in [2.75, 3.05) is 35.3 Å². The SMILES string of the molecule is COc1ccccc1-n1c(C(=O)N(C)C)c(C)c(OCc2ccccc2)c1C(=O)N(C)C. The van der Waals surface area contributed by atoms with Gasteiger partial charge in [-0.15, -0.1) is 0 Å². The molecule has 0 radical (unpaired) electrons. The molecule has 7 heteroatoms. The second-order valence-corrected chi connectivity index (χ2v) is 7.83. The van der Waals surface area contributed by atoms with Crippen molar-refractivity contribution in [1.29, 1.82) is 0 Å². The van der Waals surface area contributed by atoms with E-state index in [4.69, 9.17) is 9.47 Å². The van der Waals surface area contributed by atoms with Gasteiger partial charge in [0.2, 0.25) is 0 Å². The van der Waals surface area contributed by atoms with Crippen molar-refractivity contribution in [3.63, 3.8) is 0 Å². The van der Waals surface area contributed by atoms with Gasteiger partial charge in [-0.05, 0) is 24.6 Å². The van der Waals surface area contributed by atoms with Crippen LogP contribution in [0.1, 0.15) is 32.1 Å². The van der Waals surface area contributed by atoms with E-state index < -0.39 is 0 Å². The fourth-order valence-corrected chi connectivity index (χ4v) is 3.50. The first-order chi connectivity index (χ1) is 15.3. The molecule has 0 unspecified atom stereocenters. The number of carbonyl (C=O) groups excluding carboxylic acids is 2. The number of ether oxygens (including phenoxy) is 2. The number of methoxy groups -OCH3 is 1. The third kappa shape index (κ3) is 4.32. The van der Waals surface area contributed by atoms with Gasteiger partial charge in [0.15, 0.2) is 11.4 Å². The summed E-state index contributed by atoms with van der Waals surface area (Å²) in [5, 5.41) is 0. The van der Waals surface area contributed by atoms with Gasteiger partial charge in [0.1, 0.15) is 18.1 Å². The van der Waals surface area contributed by atoms with Gasteiger partial charge in [-0.25, -0.2) is 0 Å². The van der Waals surface area contributed by atoms with E-state index in [0.29, 0.717) is 28.4 Å². The Hall–Kier alpha value is -3.74. The predicted octanol–water partition coefficient (Wildman–Crippen LogP) is 3.78.